The number of amides is 1. The summed E-state index contributed by atoms with van der Waals surface area (Å²) in [6.45, 7) is 1.09. The van der Waals surface area contributed by atoms with Crippen molar-refractivity contribution in [2.45, 2.75) is 35.5 Å². The quantitative estimate of drug-likeness (QED) is 0.528. The van der Waals surface area contributed by atoms with Crippen molar-refractivity contribution < 1.29 is 13.2 Å². The standard InChI is InChI=1S/C21H23N3O3S2/c22-13-6-16-28-20-8-3-2-7-19(20)23-21(25)17-9-11-18(12-10-17)29(26,27)24-14-4-1-5-15-24/h2-3,7-12H,1,4-6,14-16H2,(H,23,25). The van der Waals surface area contributed by atoms with Crippen molar-refractivity contribution in [3.63, 3.8) is 0 Å². The van der Waals surface area contributed by atoms with Crippen LogP contribution in [0.2, 0.25) is 0 Å². The van der Waals surface area contributed by atoms with Gasteiger partial charge in [-0.2, -0.15) is 9.57 Å². The van der Waals surface area contributed by atoms with Gasteiger partial charge in [-0.25, -0.2) is 8.42 Å². The number of carbonyl (C=O) groups excluding carboxylic acids is 1. The van der Waals surface area contributed by atoms with Crippen LogP contribution in [0, 0.1) is 11.3 Å². The fraction of sp³-hybridized carbons (Fsp3) is 0.333. The van der Waals surface area contributed by atoms with E-state index < -0.39 is 10.0 Å². The second kappa shape index (κ2) is 9.92. The van der Waals surface area contributed by atoms with Crippen LogP contribution in [-0.2, 0) is 10.0 Å². The number of nitrogens with zero attached hydrogens (tertiary/aromatic N) is 2. The Morgan fingerprint density at radius 2 is 1.76 bits per heavy atom. The van der Waals surface area contributed by atoms with E-state index in [0.29, 0.717) is 36.5 Å². The van der Waals surface area contributed by atoms with Gasteiger partial charge >= 0.3 is 0 Å². The molecule has 0 aromatic heterocycles. The van der Waals surface area contributed by atoms with Crippen LogP contribution in [0.5, 0.6) is 0 Å². The highest BCUT2D eigenvalue weighted by atomic mass is 32.2. The summed E-state index contributed by atoms with van der Waals surface area (Å²) in [4.78, 5) is 13.7. The Hall–Kier alpha value is -2.34. The minimum atomic E-state index is -3.51. The lowest BCUT2D eigenvalue weighted by Gasteiger charge is -2.25. The van der Waals surface area contributed by atoms with E-state index in [9.17, 15) is 13.2 Å². The van der Waals surface area contributed by atoms with Crippen molar-refractivity contribution in [3.8, 4) is 6.07 Å². The SMILES string of the molecule is N#CCCSc1ccccc1NC(=O)c1ccc(S(=O)(=O)N2CCCCC2)cc1. The van der Waals surface area contributed by atoms with Gasteiger partial charge in [0.2, 0.25) is 10.0 Å². The van der Waals surface area contributed by atoms with Gasteiger partial charge in [-0.1, -0.05) is 18.6 Å². The second-order valence-electron chi connectivity index (χ2n) is 6.70. The van der Waals surface area contributed by atoms with Gasteiger partial charge in [0.25, 0.3) is 5.91 Å². The lowest BCUT2D eigenvalue weighted by molar-refractivity contribution is 0.102. The highest BCUT2D eigenvalue weighted by Gasteiger charge is 2.26. The molecule has 29 heavy (non-hydrogen) atoms. The third-order valence-electron chi connectivity index (χ3n) is 4.68. The van der Waals surface area contributed by atoms with Gasteiger partial charge in [0.1, 0.15) is 0 Å². The summed E-state index contributed by atoms with van der Waals surface area (Å²) in [5.41, 5.74) is 1.06. The minimum Gasteiger partial charge on any atom is -0.321 e. The van der Waals surface area contributed by atoms with Crippen LogP contribution in [0.1, 0.15) is 36.0 Å². The minimum absolute atomic E-state index is 0.211. The molecule has 0 spiro atoms. The maximum Gasteiger partial charge on any atom is 0.255 e. The number of sulfonamides is 1. The van der Waals surface area contributed by atoms with Crippen LogP contribution in [0.3, 0.4) is 0 Å². The van der Waals surface area contributed by atoms with Gasteiger partial charge in [-0.3, -0.25) is 4.79 Å². The summed E-state index contributed by atoms with van der Waals surface area (Å²) in [6, 6.07) is 15.6. The van der Waals surface area contributed by atoms with Gasteiger partial charge in [0.15, 0.2) is 0 Å². The summed E-state index contributed by atoms with van der Waals surface area (Å²) in [5, 5.41) is 11.6. The van der Waals surface area contributed by atoms with Crippen LogP contribution in [0.4, 0.5) is 5.69 Å². The van der Waals surface area contributed by atoms with Gasteiger partial charge in [0.05, 0.1) is 16.7 Å². The molecule has 1 saturated heterocycles. The lowest BCUT2D eigenvalue weighted by atomic mass is 10.2. The third kappa shape index (κ3) is 5.38. The van der Waals surface area contributed by atoms with Crippen molar-refractivity contribution in [1.82, 2.24) is 4.31 Å². The average Bonchev–Trinajstić information content (AvgIpc) is 2.76. The van der Waals surface area contributed by atoms with E-state index in [0.717, 1.165) is 24.2 Å². The fourth-order valence-electron chi connectivity index (χ4n) is 3.13. The Morgan fingerprint density at radius 3 is 2.45 bits per heavy atom. The molecule has 3 rings (SSSR count). The molecule has 1 aliphatic rings. The van der Waals surface area contributed by atoms with Crippen molar-refractivity contribution in [3.05, 3.63) is 54.1 Å². The molecule has 8 heteroatoms. The Balaban J connectivity index is 1.71. The number of piperidine rings is 1. The molecule has 0 saturated carbocycles. The predicted molar refractivity (Wildman–Crippen MR) is 114 cm³/mol. The van der Waals surface area contributed by atoms with E-state index in [1.807, 2.05) is 24.3 Å². The maximum atomic E-state index is 12.7. The van der Waals surface area contributed by atoms with Crippen LogP contribution in [0.25, 0.3) is 0 Å². The monoisotopic (exact) mass is 429 g/mol. The van der Waals surface area contributed by atoms with E-state index in [-0.39, 0.29) is 10.8 Å². The zero-order valence-corrected chi connectivity index (χ0v) is 17.6. The zero-order valence-electron chi connectivity index (χ0n) is 16.0. The lowest BCUT2D eigenvalue weighted by Crippen LogP contribution is -2.35. The number of hydrogen-bond acceptors (Lipinski definition) is 5. The van der Waals surface area contributed by atoms with Gasteiger partial charge in [0, 0.05) is 35.7 Å². The summed E-state index contributed by atoms with van der Waals surface area (Å²) < 4.78 is 27.0. The van der Waals surface area contributed by atoms with Crippen molar-refractivity contribution in [2.24, 2.45) is 0 Å². The maximum absolute atomic E-state index is 12.7. The molecule has 2 aromatic carbocycles. The Bertz CT molecular complexity index is 993. The molecule has 0 radical (unpaired) electrons. The first-order chi connectivity index (χ1) is 14.0. The predicted octanol–water partition coefficient (Wildman–Crippen LogP) is 4.12. The molecule has 1 N–H and O–H groups in total. The first kappa shape index (κ1) is 21.4. The number of para-hydroxylation sites is 1. The number of hydrogen-bond donors (Lipinski definition) is 1. The van der Waals surface area contributed by atoms with Gasteiger partial charge < -0.3 is 5.32 Å². The van der Waals surface area contributed by atoms with Crippen LogP contribution >= 0.6 is 11.8 Å². The number of anilines is 1. The highest BCUT2D eigenvalue weighted by molar-refractivity contribution is 7.99. The summed E-state index contributed by atoms with van der Waals surface area (Å²) in [6.07, 6.45) is 3.25. The van der Waals surface area contributed by atoms with Crippen molar-refractivity contribution >= 4 is 33.4 Å². The number of carbonyl (C=O) groups is 1. The number of benzene rings is 2. The number of nitriles is 1. The molecule has 0 aliphatic carbocycles. The Morgan fingerprint density at radius 1 is 1.07 bits per heavy atom. The molecule has 2 aromatic rings. The molecule has 152 valence electrons. The summed E-state index contributed by atoms with van der Waals surface area (Å²) in [5.74, 6) is 0.340. The molecular formula is C21H23N3O3S2. The van der Waals surface area contributed by atoms with E-state index in [2.05, 4.69) is 11.4 Å². The number of thioether (sulfide) groups is 1. The van der Waals surface area contributed by atoms with Crippen LogP contribution in [0.15, 0.2) is 58.3 Å². The molecule has 1 amide bonds. The summed E-state index contributed by atoms with van der Waals surface area (Å²) >= 11 is 1.51. The molecule has 0 unspecified atom stereocenters. The first-order valence-electron chi connectivity index (χ1n) is 9.53. The van der Waals surface area contributed by atoms with E-state index >= 15 is 0 Å². The zero-order chi connectivity index (χ0) is 20.7. The molecular weight excluding hydrogens is 406 g/mol. The molecule has 0 bridgehead atoms. The Kier molecular flexibility index (Phi) is 7.31. The Labute approximate surface area is 176 Å². The molecule has 6 nitrogen and oxygen atoms in total. The van der Waals surface area contributed by atoms with E-state index in [4.69, 9.17) is 5.26 Å². The topological polar surface area (TPSA) is 90.3 Å². The molecule has 1 heterocycles. The van der Waals surface area contributed by atoms with Crippen LogP contribution in [-0.4, -0.2) is 37.5 Å². The largest absolute Gasteiger partial charge is 0.321 e. The van der Waals surface area contributed by atoms with Crippen molar-refractivity contribution in [1.29, 1.82) is 5.26 Å². The van der Waals surface area contributed by atoms with Gasteiger partial charge in [-0.15, -0.1) is 11.8 Å². The fourth-order valence-corrected chi connectivity index (χ4v) is 5.51. The number of nitrogens with one attached hydrogen (secondary N) is 1. The highest BCUT2D eigenvalue weighted by Crippen LogP contribution is 2.28. The van der Waals surface area contributed by atoms with E-state index in [1.54, 1.807) is 0 Å². The normalized spacial score (nSPS) is 14.9. The average molecular weight is 430 g/mol. The molecule has 0 atom stereocenters. The van der Waals surface area contributed by atoms with Gasteiger partial charge in [-0.05, 0) is 49.2 Å². The van der Waals surface area contributed by atoms with Crippen LogP contribution < -0.4 is 5.32 Å². The first-order valence-corrected chi connectivity index (χ1v) is 12.0. The third-order valence-corrected chi connectivity index (χ3v) is 7.66. The smallest absolute Gasteiger partial charge is 0.255 e. The molecule has 1 fully saturated rings. The van der Waals surface area contributed by atoms with Crippen molar-refractivity contribution in [2.75, 3.05) is 24.2 Å². The summed E-state index contributed by atoms with van der Waals surface area (Å²) in [7, 11) is -3.51. The molecule has 1 aliphatic heterocycles. The number of rotatable bonds is 7. The van der Waals surface area contributed by atoms with E-state index in [1.165, 1.54) is 40.3 Å². The second-order valence-corrected chi connectivity index (χ2v) is 9.77.